The van der Waals surface area contributed by atoms with Crippen LogP contribution in [0.4, 0.5) is 10.2 Å². The Kier molecular flexibility index (Phi) is 7.65. The van der Waals surface area contributed by atoms with E-state index >= 15 is 0 Å². The first-order chi connectivity index (χ1) is 14.0. The fraction of sp³-hybridized carbons (Fsp3) is 0.636. The molecule has 2 rings (SSSR count). The normalized spacial score (nSPS) is 30.6. The predicted molar refractivity (Wildman–Crippen MR) is 96.8 cm³/mol. The lowest BCUT2D eigenvalue weighted by Crippen LogP contribution is -2.45. The van der Waals surface area contributed by atoms with Gasteiger partial charge >= 0.3 is 29.2 Å². The second-order valence-electron chi connectivity index (χ2n) is 6.22. The van der Waals surface area contributed by atoms with Gasteiger partial charge in [0.05, 0.1) is 6.61 Å². The molecule has 2 heterocycles. The molecular weight excluding hydrogens is 494 g/mol. The number of aliphatic hydroxyl groups is 1. The fourth-order valence-electron chi connectivity index (χ4n) is 2.66. The van der Waals surface area contributed by atoms with Crippen LogP contribution in [0.3, 0.4) is 0 Å². The van der Waals surface area contributed by atoms with Crippen LogP contribution in [-0.2, 0) is 31.6 Å². The third-order valence-corrected chi connectivity index (χ3v) is 7.86. The van der Waals surface area contributed by atoms with Gasteiger partial charge in [0, 0.05) is 6.20 Å². The standard InChI is InChI=1S/C11H19FN3O13P3/c1-2-11(5-25-30(21,22)28-31(23,24)27-29(18,19)20)8(16)7(12)9(26-11)15-4-3-6(13)14-10(15)17/h3-4,7-9,16H,2,5H2,1H3,(H,21,22)(H,23,24)(H2,13,14,17)(H2,18,19,20)/t7-,8-,9+,11+/m0/s1. The predicted octanol–water partition coefficient (Wildman–Crippen LogP) is -0.455. The number of hydrogen-bond acceptors (Lipinski definition) is 11. The van der Waals surface area contributed by atoms with Crippen molar-refractivity contribution in [2.24, 2.45) is 0 Å². The molecule has 0 amide bonds. The van der Waals surface area contributed by atoms with Gasteiger partial charge in [-0.15, -0.1) is 0 Å². The molecule has 1 aliphatic rings. The number of nitrogens with two attached hydrogens (primary N) is 1. The Morgan fingerprint density at radius 3 is 2.39 bits per heavy atom. The number of phosphoric ester groups is 1. The van der Waals surface area contributed by atoms with Gasteiger partial charge in [0.2, 0.25) is 0 Å². The summed E-state index contributed by atoms with van der Waals surface area (Å²) in [5, 5.41) is 10.3. The molecule has 178 valence electrons. The Hall–Kier alpha value is -1.06. The largest absolute Gasteiger partial charge is 0.490 e. The van der Waals surface area contributed by atoms with Crippen molar-refractivity contribution in [1.82, 2.24) is 9.55 Å². The first kappa shape index (κ1) is 26.2. The van der Waals surface area contributed by atoms with Gasteiger partial charge in [-0.3, -0.25) is 9.09 Å². The van der Waals surface area contributed by atoms with Gasteiger partial charge in [-0.1, -0.05) is 6.92 Å². The summed E-state index contributed by atoms with van der Waals surface area (Å²) in [6.07, 6.45) is -5.20. The number of phosphoric acid groups is 3. The minimum absolute atomic E-state index is 0.162. The SMILES string of the molecule is CC[C@]1(COP(=O)(O)OP(=O)(O)OP(=O)(O)O)O[C@@H](n2ccc(N)nc2=O)[C@@H](F)[C@@H]1O. The van der Waals surface area contributed by atoms with E-state index in [0.29, 0.717) is 4.57 Å². The van der Waals surface area contributed by atoms with Gasteiger partial charge in [-0.05, 0) is 12.5 Å². The maximum Gasteiger partial charge on any atom is 0.490 e. The highest BCUT2D eigenvalue weighted by Crippen LogP contribution is 2.66. The van der Waals surface area contributed by atoms with E-state index in [-0.39, 0.29) is 12.2 Å². The summed E-state index contributed by atoms with van der Waals surface area (Å²) in [6, 6.07) is 1.15. The molecule has 0 radical (unpaired) electrons. The molecule has 31 heavy (non-hydrogen) atoms. The highest BCUT2D eigenvalue weighted by atomic mass is 31.3. The Morgan fingerprint density at radius 2 is 1.87 bits per heavy atom. The topological polar surface area (TPSA) is 250 Å². The van der Waals surface area contributed by atoms with Gasteiger partial charge in [0.1, 0.15) is 17.5 Å². The molecule has 1 aliphatic heterocycles. The Balaban J connectivity index is 2.20. The molecule has 1 aromatic rings. The third kappa shape index (κ3) is 6.48. The molecule has 6 atom stereocenters. The van der Waals surface area contributed by atoms with E-state index in [4.69, 9.17) is 25.2 Å². The van der Waals surface area contributed by atoms with Crippen molar-refractivity contribution in [3.8, 4) is 0 Å². The van der Waals surface area contributed by atoms with Crippen LogP contribution in [0.1, 0.15) is 19.6 Å². The lowest BCUT2D eigenvalue weighted by atomic mass is 9.94. The minimum atomic E-state index is -5.77. The van der Waals surface area contributed by atoms with Crippen LogP contribution in [0.15, 0.2) is 17.1 Å². The molecule has 0 bridgehead atoms. The Bertz CT molecular complexity index is 1020. The van der Waals surface area contributed by atoms with Crippen LogP contribution in [0.5, 0.6) is 0 Å². The monoisotopic (exact) mass is 513 g/mol. The molecule has 2 unspecified atom stereocenters. The summed E-state index contributed by atoms with van der Waals surface area (Å²) >= 11 is 0. The van der Waals surface area contributed by atoms with Gasteiger partial charge in [0.25, 0.3) is 0 Å². The molecule has 16 nitrogen and oxygen atoms in total. The second kappa shape index (κ2) is 9.06. The number of aliphatic hydroxyl groups excluding tert-OH is 1. The van der Waals surface area contributed by atoms with Gasteiger partial charge in [-0.2, -0.15) is 13.6 Å². The summed E-state index contributed by atoms with van der Waals surface area (Å²) in [6.45, 7) is 0.255. The van der Waals surface area contributed by atoms with E-state index in [1.807, 2.05) is 0 Å². The van der Waals surface area contributed by atoms with Crippen molar-refractivity contribution in [2.45, 2.75) is 37.4 Å². The number of anilines is 1. The minimum Gasteiger partial charge on any atom is -0.387 e. The molecule has 1 fully saturated rings. The third-order valence-electron chi connectivity index (χ3n) is 4.08. The van der Waals surface area contributed by atoms with Gasteiger partial charge in [-0.25, -0.2) is 22.9 Å². The fourth-order valence-corrected chi connectivity index (χ4v) is 5.74. The van der Waals surface area contributed by atoms with Crippen LogP contribution >= 0.6 is 23.5 Å². The molecule has 20 heteroatoms. The average Bonchev–Trinajstić information content (AvgIpc) is 2.82. The number of ether oxygens (including phenoxy) is 1. The number of rotatable bonds is 9. The molecule has 0 spiro atoms. The van der Waals surface area contributed by atoms with Crippen molar-refractivity contribution in [3.63, 3.8) is 0 Å². The number of nitrogen functional groups attached to an aromatic ring is 1. The summed E-state index contributed by atoms with van der Waals surface area (Å²) in [7, 11) is -16.9. The average molecular weight is 513 g/mol. The summed E-state index contributed by atoms with van der Waals surface area (Å²) < 4.78 is 66.3. The molecule has 7 N–H and O–H groups in total. The summed E-state index contributed by atoms with van der Waals surface area (Å²) in [5.41, 5.74) is 2.29. The van der Waals surface area contributed by atoms with Crippen LogP contribution in [0, 0.1) is 0 Å². The van der Waals surface area contributed by atoms with Crippen molar-refractivity contribution >= 4 is 29.3 Å². The maximum atomic E-state index is 14.7. The molecule has 0 aliphatic carbocycles. The number of alkyl halides is 1. The zero-order valence-electron chi connectivity index (χ0n) is 15.5. The summed E-state index contributed by atoms with van der Waals surface area (Å²) in [5.74, 6) is -0.162. The van der Waals surface area contributed by atoms with Crippen LogP contribution in [0.25, 0.3) is 0 Å². The van der Waals surface area contributed by atoms with Gasteiger partial charge in [0.15, 0.2) is 12.4 Å². The molecular formula is C11H19FN3O13P3. The van der Waals surface area contributed by atoms with E-state index < -0.39 is 59.9 Å². The molecule has 1 saturated heterocycles. The number of halogens is 1. The quantitative estimate of drug-likeness (QED) is 0.229. The van der Waals surface area contributed by atoms with Crippen molar-refractivity contribution < 1.29 is 60.6 Å². The zero-order valence-corrected chi connectivity index (χ0v) is 18.2. The Morgan fingerprint density at radius 1 is 1.26 bits per heavy atom. The number of nitrogens with zero attached hydrogens (tertiary/aromatic N) is 2. The first-order valence-corrected chi connectivity index (χ1v) is 12.7. The highest BCUT2D eigenvalue weighted by Gasteiger charge is 2.56. The lowest BCUT2D eigenvalue weighted by molar-refractivity contribution is -0.128. The van der Waals surface area contributed by atoms with Crippen LogP contribution in [0.2, 0.25) is 0 Å². The van der Waals surface area contributed by atoms with Gasteiger partial charge < -0.3 is 35.2 Å². The first-order valence-electron chi connectivity index (χ1n) is 8.14. The van der Waals surface area contributed by atoms with Crippen molar-refractivity contribution in [2.75, 3.05) is 12.3 Å². The molecule has 0 aromatic carbocycles. The molecule has 1 aromatic heterocycles. The Labute approximate surface area is 172 Å². The van der Waals surface area contributed by atoms with E-state index in [1.165, 1.54) is 6.92 Å². The maximum absolute atomic E-state index is 14.7. The number of hydrogen-bond donors (Lipinski definition) is 6. The molecule has 0 saturated carbocycles. The second-order valence-corrected chi connectivity index (χ2v) is 10.6. The zero-order chi connectivity index (χ0) is 23.8. The van der Waals surface area contributed by atoms with Crippen molar-refractivity contribution in [3.05, 3.63) is 22.7 Å². The van der Waals surface area contributed by atoms with E-state index in [9.17, 15) is 32.9 Å². The van der Waals surface area contributed by atoms with E-state index in [2.05, 4.69) is 18.1 Å². The smallest absolute Gasteiger partial charge is 0.387 e. The van der Waals surface area contributed by atoms with Crippen LogP contribution in [-0.4, -0.2) is 58.7 Å². The van der Waals surface area contributed by atoms with E-state index in [1.54, 1.807) is 0 Å². The highest BCUT2D eigenvalue weighted by molar-refractivity contribution is 7.66. The summed E-state index contributed by atoms with van der Waals surface area (Å²) in [4.78, 5) is 51.0. The lowest BCUT2D eigenvalue weighted by Gasteiger charge is -2.30. The van der Waals surface area contributed by atoms with Crippen molar-refractivity contribution in [1.29, 1.82) is 0 Å². The van der Waals surface area contributed by atoms with E-state index in [0.717, 1.165) is 12.3 Å². The number of aromatic nitrogens is 2. The van der Waals surface area contributed by atoms with Crippen LogP contribution < -0.4 is 11.4 Å².